The fourth-order valence-corrected chi connectivity index (χ4v) is 8.90. The number of aryl methyl sites for hydroxylation is 1. The molecule has 1 atom stereocenters. The highest BCUT2D eigenvalue weighted by Gasteiger charge is 2.44. The van der Waals surface area contributed by atoms with Crippen LogP contribution in [0, 0.1) is 6.92 Å². The number of primary sulfonamides is 1. The second kappa shape index (κ2) is 27.0. The molecule has 0 aliphatic carbocycles. The highest BCUT2D eigenvalue weighted by Crippen LogP contribution is 2.48. The van der Waals surface area contributed by atoms with Crippen molar-refractivity contribution in [2.24, 2.45) is 10.9 Å². The summed E-state index contributed by atoms with van der Waals surface area (Å²) < 4.78 is 73.7. The van der Waals surface area contributed by atoms with Crippen molar-refractivity contribution in [2.75, 3.05) is 70.8 Å². The van der Waals surface area contributed by atoms with Crippen LogP contribution in [0.15, 0.2) is 108 Å². The number of anilines is 1. The van der Waals surface area contributed by atoms with Gasteiger partial charge in [-0.3, -0.25) is 14.1 Å². The molecular formula is C50H71N6O12S2+. The third kappa shape index (κ3) is 17.6. The lowest BCUT2D eigenvalue weighted by molar-refractivity contribution is -0.438. The molecule has 0 aromatic heterocycles. The number of carbonyl (C=O) groups excluding carboxylic acids is 2. The lowest BCUT2D eigenvalue weighted by atomic mass is 9.81. The van der Waals surface area contributed by atoms with Crippen LogP contribution in [0.25, 0.3) is 0 Å². The van der Waals surface area contributed by atoms with E-state index in [0.717, 1.165) is 39.7 Å². The topological polar surface area (TPSA) is 261 Å². The summed E-state index contributed by atoms with van der Waals surface area (Å²) in [5, 5.41) is 16.1. The predicted molar refractivity (Wildman–Crippen MR) is 272 cm³/mol. The van der Waals surface area contributed by atoms with Gasteiger partial charge in [0.1, 0.15) is 31.7 Å². The van der Waals surface area contributed by atoms with Crippen molar-refractivity contribution >= 4 is 55.5 Å². The van der Waals surface area contributed by atoms with Gasteiger partial charge in [-0.15, -0.1) is 0 Å². The standard InChI is InChI=1S/C35H46N4O6S2.C13H19NO5.C2H5NO/c1-7-37(6)33(40)21-23-39-30-20-19-26(47(36,44)45)25-28(30)35(4,5)32(39)18-10-8-9-17-31-34(2,3)27-15-11-12-16-29(27)38(31)22-13-14-24-46(41,42)43;1-10-3-2-4-11(7-10)19-8-12(14)18-6-5-17-9-13(15)16;1-3-2-4/h8-12,15-20,25H,7,13-14,21-24H2,1-6H3,(H2-,36,41,42,43,44,45);2-4,7,12H,5-6,8-9,14H2,1H3,(H,15,16);2H,1H3,(H,3,4)/p+1. The number of carbonyl (C=O) groups is 3. The first kappa shape index (κ1) is 58.6. The summed E-state index contributed by atoms with van der Waals surface area (Å²) in [6.45, 7) is 14.2. The van der Waals surface area contributed by atoms with Gasteiger partial charge in [0.25, 0.3) is 10.1 Å². The molecule has 0 saturated heterocycles. The zero-order valence-corrected chi connectivity index (χ0v) is 43.1. The Labute approximate surface area is 413 Å². The minimum atomic E-state index is -4.00. The fraction of sp³-hybridized carbons (Fsp3) is 0.440. The molecule has 5 rings (SSSR count). The van der Waals surface area contributed by atoms with Crippen molar-refractivity contribution in [3.63, 3.8) is 0 Å². The number of para-hydroxylation sites is 1. The van der Waals surface area contributed by atoms with Crippen LogP contribution in [0.5, 0.6) is 5.75 Å². The van der Waals surface area contributed by atoms with Crippen molar-refractivity contribution < 1.29 is 59.7 Å². The number of carboxylic acids is 1. The van der Waals surface area contributed by atoms with E-state index in [0.29, 0.717) is 45.3 Å². The predicted octanol–water partition coefficient (Wildman–Crippen LogP) is 5.18. The number of hydrogen-bond acceptors (Lipinski definition) is 12. The summed E-state index contributed by atoms with van der Waals surface area (Å²) >= 11 is 0. The maximum atomic E-state index is 12.7. The highest BCUT2D eigenvalue weighted by molar-refractivity contribution is 7.89. The van der Waals surface area contributed by atoms with E-state index < -0.39 is 37.8 Å². The Kier molecular flexibility index (Phi) is 22.6. The lowest BCUT2D eigenvalue weighted by Gasteiger charge is -2.27. The number of amides is 2. The highest BCUT2D eigenvalue weighted by atomic mass is 32.2. The molecule has 1 unspecified atom stereocenters. The van der Waals surface area contributed by atoms with Gasteiger partial charge in [0.05, 0.1) is 29.3 Å². The zero-order chi connectivity index (χ0) is 52.3. The van der Waals surface area contributed by atoms with Gasteiger partial charge in [-0.2, -0.15) is 13.0 Å². The summed E-state index contributed by atoms with van der Waals surface area (Å²) in [5.41, 5.74) is 11.9. The van der Waals surface area contributed by atoms with Crippen LogP contribution in [-0.4, -0.2) is 132 Å². The first-order valence-electron chi connectivity index (χ1n) is 22.8. The molecule has 0 spiro atoms. The first-order chi connectivity index (χ1) is 32.9. The molecule has 0 bridgehead atoms. The fourth-order valence-electron chi connectivity index (χ4n) is 7.79. The third-order valence-corrected chi connectivity index (χ3v) is 13.2. The number of nitrogens with one attached hydrogen (secondary N) is 1. The molecule has 384 valence electrons. The number of sulfonamides is 1. The Morgan fingerprint density at radius 1 is 0.943 bits per heavy atom. The van der Waals surface area contributed by atoms with Gasteiger partial charge in [-0.05, 0) is 81.7 Å². The minimum Gasteiger partial charge on any atom is -0.489 e. The van der Waals surface area contributed by atoms with Crippen LogP contribution in [0.4, 0.5) is 11.4 Å². The summed E-state index contributed by atoms with van der Waals surface area (Å²) in [6.07, 6.45) is 11.2. The van der Waals surface area contributed by atoms with Gasteiger partial charge in [0.2, 0.25) is 28.0 Å². The molecule has 70 heavy (non-hydrogen) atoms. The summed E-state index contributed by atoms with van der Waals surface area (Å²) in [4.78, 5) is 35.8. The monoisotopic (exact) mass is 1010 g/mol. The largest absolute Gasteiger partial charge is 0.489 e. The van der Waals surface area contributed by atoms with Gasteiger partial charge in [-0.25, -0.2) is 18.4 Å². The number of carboxylic acid groups (broad SMARTS) is 1. The molecule has 2 amide bonds. The van der Waals surface area contributed by atoms with Crippen LogP contribution < -0.4 is 25.8 Å². The average Bonchev–Trinajstić information content (AvgIpc) is 3.65. The number of allylic oxidation sites excluding steroid dienone is 6. The number of nitrogens with two attached hydrogens (primary N) is 2. The molecule has 3 aromatic rings. The SMILES string of the molecule is CCN(C)C(=O)CCN1\C(=C/C=C/C=C/C2=[N+](CCCCS(=O)(=O)O)c3ccccc3C2(C)C)C(C)(C)c2cc(S(N)(=O)=O)ccc21.CNC=O.Cc1cccc(OCC(N)OCCOCC(=O)O)c1. The molecule has 2 aliphatic heterocycles. The number of ether oxygens (including phenoxy) is 3. The van der Waals surface area contributed by atoms with Crippen molar-refractivity contribution in [3.8, 4) is 5.75 Å². The molecule has 7 N–H and O–H groups in total. The Balaban J connectivity index is 0.000000467. The molecule has 2 heterocycles. The van der Waals surface area contributed by atoms with Gasteiger partial charge in [-0.1, -0.05) is 62.4 Å². The first-order valence-corrected chi connectivity index (χ1v) is 26.0. The maximum absolute atomic E-state index is 12.7. The van der Waals surface area contributed by atoms with E-state index in [9.17, 15) is 26.4 Å². The molecule has 2 aliphatic rings. The molecular weight excluding hydrogens is 941 g/mol. The van der Waals surface area contributed by atoms with Crippen LogP contribution in [0.3, 0.4) is 0 Å². The molecule has 20 heteroatoms. The van der Waals surface area contributed by atoms with E-state index in [1.54, 1.807) is 31.1 Å². The van der Waals surface area contributed by atoms with Gasteiger partial charge in [0, 0.05) is 74.5 Å². The van der Waals surface area contributed by atoms with Crippen molar-refractivity contribution in [1.29, 1.82) is 0 Å². The van der Waals surface area contributed by atoms with Crippen molar-refractivity contribution in [3.05, 3.63) is 119 Å². The molecule has 18 nitrogen and oxygen atoms in total. The Morgan fingerprint density at radius 3 is 2.27 bits per heavy atom. The number of unbranched alkanes of at least 4 members (excludes halogenated alkanes) is 1. The quantitative estimate of drug-likeness (QED) is 0.0205. The number of benzene rings is 3. The van der Waals surface area contributed by atoms with E-state index >= 15 is 0 Å². The third-order valence-electron chi connectivity index (χ3n) is 11.5. The minimum absolute atomic E-state index is 0.0254. The van der Waals surface area contributed by atoms with E-state index in [2.05, 4.69) is 46.8 Å². The number of hydrogen-bond donors (Lipinski definition) is 5. The van der Waals surface area contributed by atoms with Crippen molar-refractivity contribution in [1.82, 2.24) is 10.2 Å². The molecule has 0 saturated carbocycles. The van der Waals surface area contributed by atoms with Crippen LogP contribution in [0.1, 0.15) is 70.6 Å². The number of rotatable bonds is 23. The van der Waals surface area contributed by atoms with Gasteiger partial charge < -0.3 is 40.2 Å². The van der Waals surface area contributed by atoms with Gasteiger partial charge in [0.15, 0.2) is 5.71 Å². The van der Waals surface area contributed by atoms with E-state index in [-0.39, 0.29) is 48.4 Å². The Hall–Kier alpha value is -5.74. The van der Waals surface area contributed by atoms with Crippen LogP contribution in [-0.2, 0) is 54.8 Å². The van der Waals surface area contributed by atoms with Crippen molar-refractivity contribution in [2.45, 2.75) is 82.8 Å². The summed E-state index contributed by atoms with van der Waals surface area (Å²) in [7, 11) is -4.56. The molecule has 0 fully saturated rings. The van der Waals surface area contributed by atoms with E-state index in [1.807, 2.05) is 88.4 Å². The second-order valence-corrected chi connectivity index (χ2v) is 20.6. The number of fused-ring (bicyclic) bond motifs is 2. The normalized spacial score (nSPS) is 15.7. The van der Waals surface area contributed by atoms with Crippen LogP contribution in [0.2, 0.25) is 0 Å². The number of nitrogens with zero attached hydrogens (tertiary/aromatic N) is 3. The average molecular weight is 1010 g/mol. The maximum Gasteiger partial charge on any atom is 0.329 e. The summed E-state index contributed by atoms with van der Waals surface area (Å²) in [5.74, 6) is -0.510. The Bertz CT molecular complexity index is 2610. The summed E-state index contributed by atoms with van der Waals surface area (Å²) in [6, 6.07) is 20.7. The van der Waals surface area contributed by atoms with E-state index in [1.165, 1.54) is 11.6 Å². The zero-order valence-electron chi connectivity index (χ0n) is 41.5. The van der Waals surface area contributed by atoms with E-state index in [4.69, 9.17) is 39.5 Å². The van der Waals surface area contributed by atoms with Gasteiger partial charge >= 0.3 is 5.97 Å². The smallest absolute Gasteiger partial charge is 0.329 e. The lowest BCUT2D eigenvalue weighted by Crippen LogP contribution is -2.32. The number of aliphatic carboxylic acids is 1. The Morgan fingerprint density at radius 2 is 1.64 bits per heavy atom. The molecule has 0 radical (unpaired) electrons. The second-order valence-electron chi connectivity index (χ2n) is 17.5. The molecule has 3 aromatic carbocycles. The van der Waals surface area contributed by atoms with Crippen LogP contribution >= 0.6 is 0 Å².